The van der Waals surface area contributed by atoms with E-state index in [4.69, 9.17) is 14.9 Å². The number of nitrogens with zero attached hydrogens (tertiary/aromatic N) is 1. The number of ether oxygens (including phenoxy) is 1. The predicted molar refractivity (Wildman–Crippen MR) is 87.9 cm³/mol. The molecule has 126 valence electrons. The van der Waals surface area contributed by atoms with E-state index in [9.17, 15) is 14.4 Å². The summed E-state index contributed by atoms with van der Waals surface area (Å²) < 4.78 is 10.0. The van der Waals surface area contributed by atoms with Crippen molar-refractivity contribution in [1.82, 2.24) is 4.98 Å². The normalized spacial score (nSPS) is 10.4. The van der Waals surface area contributed by atoms with Gasteiger partial charge in [0, 0.05) is 0 Å². The van der Waals surface area contributed by atoms with E-state index in [1.54, 1.807) is 18.2 Å². The molecule has 25 heavy (non-hydrogen) atoms. The maximum Gasteiger partial charge on any atom is 0.338 e. The molecule has 8 heteroatoms. The van der Waals surface area contributed by atoms with Gasteiger partial charge in [-0.05, 0) is 30.3 Å². The van der Waals surface area contributed by atoms with Crippen molar-refractivity contribution in [3.63, 3.8) is 0 Å². The van der Waals surface area contributed by atoms with Gasteiger partial charge in [0.05, 0.1) is 16.8 Å². The molecule has 2 aromatic carbocycles. The van der Waals surface area contributed by atoms with Gasteiger partial charge in [-0.25, -0.2) is 9.78 Å². The molecule has 0 unspecified atom stereocenters. The first-order chi connectivity index (χ1) is 12.0. The number of anilines is 1. The summed E-state index contributed by atoms with van der Waals surface area (Å²) >= 11 is 0. The quantitative estimate of drug-likeness (QED) is 0.682. The number of oxazole rings is 1. The number of hydrogen-bond donors (Lipinski definition) is 2. The summed E-state index contributed by atoms with van der Waals surface area (Å²) in [5.74, 6) is -1.94. The Hall–Kier alpha value is -3.68. The van der Waals surface area contributed by atoms with Crippen LogP contribution in [0.15, 0.2) is 53.3 Å². The lowest BCUT2D eigenvalue weighted by Crippen LogP contribution is -2.23. The van der Waals surface area contributed by atoms with Crippen LogP contribution >= 0.6 is 0 Å². The van der Waals surface area contributed by atoms with E-state index in [0.717, 1.165) is 0 Å². The Kier molecular flexibility index (Phi) is 4.42. The van der Waals surface area contributed by atoms with Gasteiger partial charge in [-0.1, -0.05) is 12.1 Å². The van der Waals surface area contributed by atoms with Gasteiger partial charge < -0.3 is 20.2 Å². The van der Waals surface area contributed by atoms with Gasteiger partial charge in [-0.15, -0.1) is 0 Å². The molecule has 3 N–H and O–H groups in total. The van der Waals surface area contributed by atoms with Gasteiger partial charge in [0.2, 0.25) is 0 Å². The van der Waals surface area contributed by atoms with Gasteiger partial charge >= 0.3 is 5.97 Å². The zero-order valence-electron chi connectivity index (χ0n) is 12.9. The lowest BCUT2D eigenvalue weighted by Gasteiger charge is -2.09. The third-order valence-corrected chi connectivity index (χ3v) is 3.37. The fraction of sp³-hybridized carbons (Fsp3) is 0.0588. The maximum absolute atomic E-state index is 12.0. The number of esters is 1. The van der Waals surface area contributed by atoms with Gasteiger partial charge in [0.25, 0.3) is 11.8 Å². The van der Waals surface area contributed by atoms with Crippen molar-refractivity contribution >= 4 is 34.6 Å². The summed E-state index contributed by atoms with van der Waals surface area (Å²) in [4.78, 5) is 39.2. The summed E-state index contributed by atoms with van der Waals surface area (Å²) in [7, 11) is 0. The molecule has 0 radical (unpaired) electrons. The van der Waals surface area contributed by atoms with Crippen LogP contribution in [0, 0.1) is 0 Å². The summed E-state index contributed by atoms with van der Waals surface area (Å²) in [6.07, 6.45) is 1.27. The number of hydrogen-bond acceptors (Lipinski definition) is 6. The second-order valence-corrected chi connectivity index (χ2v) is 5.07. The molecular formula is C17H13N3O5. The molecule has 0 bridgehead atoms. The molecule has 0 spiro atoms. The number of primary amides is 1. The van der Waals surface area contributed by atoms with Crippen molar-refractivity contribution < 1.29 is 23.5 Å². The molecule has 3 rings (SSSR count). The van der Waals surface area contributed by atoms with Crippen LogP contribution in [-0.2, 0) is 9.53 Å². The predicted octanol–water partition coefficient (Wildman–Crippen LogP) is 1.72. The Balaban J connectivity index is 1.62. The Labute approximate surface area is 141 Å². The first-order valence-electron chi connectivity index (χ1n) is 7.23. The van der Waals surface area contributed by atoms with E-state index in [-0.39, 0.29) is 16.8 Å². The molecule has 0 saturated heterocycles. The van der Waals surface area contributed by atoms with E-state index in [2.05, 4.69) is 10.3 Å². The summed E-state index contributed by atoms with van der Waals surface area (Å²) in [5.41, 5.74) is 6.94. The first-order valence-corrected chi connectivity index (χ1v) is 7.23. The van der Waals surface area contributed by atoms with Crippen LogP contribution in [0.2, 0.25) is 0 Å². The number of carbonyl (C=O) groups excluding carboxylic acids is 3. The standard InChI is InChI=1S/C17H13N3O5/c18-16(22)11-3-1-2-4-12(11)20-15(21)8-24-17(23)10-5-6-14-13(7-10)19-9-25-14/h1-7,9H,8H2,(H2,18,22)(H,20,21). The monoisotopic (exact) mass is 339 g/mol. The molecule has 0 fully saturated rings. The minimum absolute atomic E-state index is 0.165. The van der Waals surface area contributed by atoms with Crippen molar-refractivity contribution in [2.45, 2.75) is 0 Å². The number of aromatic nitrogens is 1. The van der Waals surface area contributed by atoms with Gasteiger partial charge in [-0.2, -0.15) is 0 Å². The topological polar surface area (TPSA) is 125 Å². The summed E-state index contributed by atoms with van der Waals surface area (Å²) in [5, 5.41) is 2.48. The molecular weight excluding hydrogens is 326 g/mol. The third kappa shape index (κ3) is 3.63. The Morgan fingerprint density at radius 1 is 1.16 bits per heavy atom. The van der Waals surface area contributed by atoms with Crippen LogP contribution in [0.3, 0.4) is 0 Å². The minimum Gasteiger partial charge on any atom is -0.452 e. The molecule has 8 nitrogen and oxygen atoms in total. The number of benzene rings is 2. The molecule has 0 aliphatic carbocycles. The average Bonchev–Trinajstić information content (AvgIpc) is 3.07. The number of para-hydroxylation sites is 1. The molecule has 0 aliphatic heterocycles. The van der Waals surface area contributed by atoms with Crippen molar-refractivity contribution in [3.05, 3.63) is 60.0 Å². The average molecular weight is 339 g/mol. The molecule has 0 atom stereocenters. The molecule has 0 aliphatic rings. The van der Waals surface area contributed by atoms with Crippen LogP contribution < -0.4 is 11.1 Å². The molecule has 0 saturated carbocycles. The van der Waals surface area contributed by atoms with Crippen molar-refractivity contribution in [1.29, 1.82) is 0 Å². The highest BCUT2D eigenvalue weighted by Crippen LogP contribution is 2.16. The van der Waals surface area contributed by atoms with Crippen molar-refractivity contribution in [2.75, 3.05) is 11.9 Å². The number of amides is 2. The number of carbonyl (C=O) groups is 3. The number of nitrogens with two attached hydrogens (primary N) is 1. The Morgan fingerprint density at radius 3 is 2.76 bits per heavy atom. The molecule has 1 heterocycles. The molecule has 3 aromatic rings. The largest absolute Gasteiger partial charge is 0.452 e. The first kappa shape index (κ1) is 16.2. The van der Waals surface area contributed by atoms with E-state index in [0.29, 0.717) is 11.1 Å². The van der Waals surface area contributed by atoms with Gasteiger partial charge in [0.1, 0.15) is 5.52 Å². The SMILES string of the molecule is NC(=O)c1ccccc1NC(=O)COC(=O)c1ccc2ocnc2c1. The highest BCUT2D eigenvalue weighted by Gasteiger charge is 2.14. The van der Waals surface area contributed by atoms with E-state index >= 15 is 0 Å². The fourth-order valence-corrected chi connectivity index (χ4v) is 2.19. The van der Waals surface area contributed by atoms with E-state index in [1.807, 2.05) is 0 Å². The van der Waals surface area contributed by atoms with E-state index < -0.39 is 24.4 Å². The van der Waals surface area contributed by atoms with Gasteiger partial charge in [-0.3, -0.25) is 9.59 Å². The summed E-state index contributed by atoms with van der Waals surface area (Å²) in [6.45, 7) is -0.511. The zero-order chi connectivity index (χ0) is 17.8. The molecule has 2 amide bonds. The third-order valence-electron chi connectivity index (χ3n) is 3.37. The van der Waals surface area contributed by atoms with Crippen LogP contribution in [0.25, 0.3) is 11.1 Å². The number of nitrogens with one attached hydrogen (secondary N) is 1. The van der Waals surface area contributed by atoms with Crippen LogP contribution in [0.1, 0.15) is 20.7 Å². The minimum atomic E-state index is -0.678. The smallest absolute Gasteiger partial charge is 0.338 e. The highest BCUT2D eigenvalue weighted by molar-refractivity contribution is 6.03. The van der Waals surface area contributed by atoms with Gasteiger partial charge in [0.15, 0.2) is 18.6 Å². The Bertz CT molecular complexity index is 964. The van der Waals surface area contributed by atoms with Crippen molar-refractivity contribution in [3.8, 4) is 0 Å². The second kappa shape index (κ2) is 6.83. The highest BCUT2D eigenvalue weighted by atomic mass is 16.5. The zero-order valence-corrected chi connectivity index (χ0v) is 12.9. The second-order valence-electron chi connectivity index (χ2n) is 5.07. The summed E-state index contributed by atoms with van der Waals surface area (Å²) in [6, 6.07) is 10.9. The van der Waals surface area contributed by atoms with E-state index in [1.165, 1.54) is 30.7 Å². The lowest BCUT2D eigenvalue weighted by atomic mass is 10.1. The lowest BCUT2D eigenvalue weighted by molar-refractivity contribution is -0.119. The maximum atomic E-state index is 12.0. The number of rotatable bonds is 5. The Morgan fingerprint density at radius 2 is 1.96 bits per heavy atom. The van der Waals surface area contributed by atoms with Crippen LogP contribution in [0.5, 0.6) is 0 Å². The van der Waals surface area contributed by atoms with Crippen molar-refractivity contribution in [2.24, 2.45) is 5.73 Å². The van der Waals surface area contributed by atoms with Crippen LogP contribution in [-0.4, -0.2) is 29.4 Å². The van der Waals surface area contributed by atoms with Crippen LogP contribution in [0.4, 0.5) is 5.69 Å². The number of fused-ring (bicyclic) bond motifs is 1. The molecule has 1 aromatic heterocycles. The fourth-order valence-electron chi connectivity index (χ4n) is 2.19.